The van der Waals surface area contributed by atoms with E-state index in [2.05, 4.69) is 19.1 Å². The summed E-state index contributed by atoms with van der Waals surface area (Å²) in [6, 6.07) is 0. The second kappa shape index (κ2) is 4.82. The Morgan fingerprint density at radius 1 is 0.857 bits per heavy atom. The van der Waals surface area contributed by atoms with Gasteiger partial charge in [0.15, 0.2) is 0 Å². The molecule has 0 bridgehead atoms. The summed E-state index contributed by atoms with van der Waals surface area (Å²) in [7, 11) is 0. The van der Waals surface area contributed by atoms with E-state index in [1.807, 2.05) is 0 Å². The van der Waals surface area contributed by atoms with Crippen molar-refractivity contribution in [1.29, 1.82) is 0 Å². The molecule has 0 nitrogen and oxygen atoms in total. The molecule has 0 spiro atoms. The van der Waals surface area contributed by atoms with Gasteiger partial charge in [0, 0.05) is 5.92 Å². The van der Waals surface area contributed by atoms with Crippen LogP contribution in [0.4, 0.5) is 0 Å². The third kappa shape index (κ3) is 2.29. The minimum Gasteiger partial charge on any atom is -0.0847 e. The van der Waals surface area contributed by atoms with E-state index < -0.39 is 0 Å². The van der Waals surface area contributed by atoms with Crippen LogP contribution < -0.4 is 0 Å². The topological polar surface area (TPSA) is 0 Å². The Morgan fingerprint density at radius 2 is 1.36 bits per heavy atom. The molecule has 14 heavy (non-hydrogen) atoms. The van der Waals surface area contributed by atoms with Crippen LogP contribution in [0.3, 0.4) is 0 Å². The van der Waals surface area contributed by atoms with Crippen LogP contribution in [0, 0.1) is 12.8 Å². The molecule has 2 aliphatic rings. The summed E-state index contributed by atoms with van der Waals surface area (Å²) in [6.45, 7) is 4.35. The van der Waals surface area contributed by atoms with Crippen molar-refractivity contribution in [2.24, 2.45) is 5.92 Å². The van der Waals surface area contributed by atoms with Crippen molar-refractivity contribution in [2.45, 2.75) is 51.4 Å². The minimum absolute atomic E-state index is 0.510. The molecule has 77 valence electrons. The van der Waals surface area contributed by atoms with Gasteiger partial charge in [-0.2, -0.15) is 0 Å². The van der Waals surface area contributed by atoms with Gasteiger partial charge in [-0.15, -0.1) is 0 Å². The number of rotatable bonds is 2. The average Bonchev–Trinajstić information content (AvgIpc) is 2.30. The molecule has 0 aliphatic heterocycles. The predicted molar refractivity (Wildman–Crippen MR) is 61.9 cm³/mol. The van der Waals surface area contributed by atoms with Gasteiger partial charge in [-0.1, -0.05) is 23.3 Å². The fourth-order valence-electron chi connectivity index (χ4n) is 2.60. The lowest BCUT2D eigenvalue weighted by Crippen LogP contribution is -2.08. The van der Waals surface area contributed by atoms with E-state index >= 15 is 0 Å². The molecule has 0 unspecified atom stereocenters. The molecular weight excluding hydrogens is 168 g/mol. The summed E-state index contributed by atoms with van der Waals surface area (Å²) in [5.41, 5.74) is 3.23. The zero-order valence-corrected chi connectivity index (χ0v) is 9.10. The molecule has 1 radical (unpaired) electrons. The lowest BCUT2D eigenvalue weighted by Gasteiger charge is -2.24. The zero-order valence-electron chi connectivity index (χ0n) is 9.10. The maximum Gasteiger partial charge on any atom is 0.000723 e. The Bertz CT molecular complexity index is 219. The molecule has 0 aromatic rings. The van der Waals surface area contributed by atoms with Crippen molar-refractivity contribution in [1.82, 2.24) is 0 Å². The first-order chi connectivity index (χ1) is 6.88. The smallest absolute Gasteiger partial charge is 0.000723 e. The van der Waals surface area contributed by atoms with Crippen LogP contribution in [0.25, 0.3) is 0 Å². The quantitative estimate of drug-likeness (QED) is 0.563. The second-order valence-electron chi connectivity index (χ2n) is 4.60. The zero-order chi connectivity index (χ0) is 9.80. The van der Waals surface area contributed by atoms with Crippen molar-refractivity contribution in [3.63, 3.8) is 0 Å². The minimum atomic E-state index is 0.510. The van der Waals surface area contributed by atoms with Gasteiger partial charge in [0.1, 0.15) is 0 Å². The highest BCUT2D eigenvalue weighted by atomic mass is 14.2. The molecule has 0 aromatic carbocycles. The average molecular weight is 189 g/mol. The lowest BCUT2D eigenvalue weighted by atomic mass is 9.81. The van der Waals surface area contributed by atoms with E-state index in [4.69, 9.17) is 0 Å². The molecule has 0 amide bonds. The Labute approximate surface area is 88.1 Å². The van der Waals surface area contributed by atoms with Crippen LogP contribution in [0.1, 0.15) is 51.4 Å². The van der Waals surface area contributed by atoms with E-state index in [9.17, 15) is 0 Å². The highest BCUT2D eigenvalue weighted by Crippen LogP contribution is 2.33. The largest absolute Gasteiger partial charge is 0.0847 e. The normalized spacial score (nSPS) is 23.3. The van der Waals surface area contributed by atoms with Crippen molar-refractivity contribution in [2.75, 3.05) is 0 Å². The van der Waals surface area contributed by atoms with E-state index in [1.54, 1.807) is 11.1 Å². The van der Waals surface area contributed by atoms with Gasteiger partial charge >= 0.3 is 0 Å². The Balaban J connectivity index is 2.02. The van der Waals surface area contributed by atoms with E-state index in [0.717, 1.165) is 0 Å². The van der Waals surface area contributed by atoms with Gasteiger partial charge in [0.2, 0.25) is 0 Å². The summed E-state index contributed by atoms with van der Waals surface area (Å²) in [5, 5.41) is 0. The summed E-state index contributed by atoms with van der Waals surface area (Å²) < 4.78 is 0. The third-order valence-corrected chi connectivity index (χ3v) is 3.55. The van der Waals surface area contributed by atoms with E-state index in [-0.39, 0.29) is 0 Å². The number of allylic oxidation sites excluding steroid dienone is 4. The molecule has 0 aromatic heterocycles. The molecule has 0 saturated heterocycles. The fourth-order valence-corrected chi connectivity index (χ4v) is 2.60. The molecule has 0 heterocycles. The maximum absolute atomic E-state index is 4.35. The SMILES string of the molecule is [CH2]C(C1=CCCCC1)C1=CCCCC1. The van der Waals surface area contributed by atoms with E-state index in [1.165, 1.54) is 51.4 Å². The van der Waals surface area contributed by atoms with Gasteiger partial charge in [-0.25, -0.2) is 0 Å². The highest BCUT2D eigenvalue weighted by Gasteiger charge is 2.16. The standard InChI is InChI=1S/C14H21/c1-12(13-8-4-2-5-9-13)14-10-6-3-7-11-14/h8,10,12H,1-7,9,11H2. The lowest BCUT2D eigenvalue weighted by molar-refractivity contribution is 0.611. The fraction of sp³-hybridized carbons (Fsp3) is 0.643. The predicted octanol–water partition coefficient (Wildman–Crippen LogP) is 4.44. The number of hydrogen-bond acceptors (Lipinski definition) is 0. The third-order valence-electron chi connectivity index (χ3n) is 3.55. The van der Waals surface area contributed by atoms with Crippen LogP contribution in [0.15, 0.2) is 23.3 Å². The van der Waals surface area contributed by atoms with Crippen LogP contribution >= 0.6 is 0 Å². The van der Waals surface area contributed by atoms with E-state index in [0.29, 0.717) is 5.92 Å². The molecule has 0 heteroatoms. The molecular formula is C14H21. The Hall–Kier alpha value is -0.520. The maximum atomic E-state index is 4.35. The molecule has 0 saturated carbocycles. The van der Waals surface area contributed by atoms with Crippen LogP contribution in [0.2, 0.25) is 0 Å². The summed E-state index contributed by atoms with van der Waals surface area (Å²) >= 11 is 0. The highest BCUT2D eigenvalue weighted by molar-refractivity contribution is 5.24. The van der Waals surface area contributed by atoms with Gasteiger partial charge in [0.05, 0.1) is 0 Å². The van der Waals surface area contributed by atoms with Gasteiger partial charge in [-0.3, -0.25) is 0 Å². The van der Waals surface area contributed by atoms with Gasteiger partial charge in [-0.05, 0) is 58.3 Å². The van der Waals surface area contributed by atoms with Crippen LogP contribution in [0.5, 0.6) is 0 Å². The first-order valence-electron chi connectivity index (χ1n) is 6.09. The van der Waals surface area contributed by atoms with Crippen LogP contribution in [-0.4, -0.2) is 0 Å². The van der Waals surface area contributed by atoms with Crippen molar-refractivity contribution >= 4 is 0 Å². The van der Waals surface area contributed by atoms with Gasteiger partial charge < -0.3 is 0 Å². The summed E-state index contributed by atoms with van der Waals surface area (Å²) in [6.07, 6.45) is 15.6. The second-order valence-corrected chi connectivity index (χ2v) is 4.60. The molecule has 0 atom stereocenters. The van der Waals surface area contributed by atoms with Crippen molar-refractivity contribution in [3.8, 4) is 0 Å². The Morgan fingerprint density at radius 3 is 1.71 bits per heavy atom. The monoisotopic (exact) mass is 189 g/mol. The first kappa shape index (κ1) is 10.0. The Kier molecular flexibility index (Phi) is 3.44. The molecule has 2 aliphatic carbocycles. The summed E-state index contributed by atoms with van der Waals surface area (Å²) in [5.74, 6) is 0.510. The van der Waals surface area contributed by atoms with Crippen LogP contribution in [-0.2, 0) is 0 Å². The number of hydrogen-bond donors (Lipinski definition) is 0. The van der Waals surface area contributed by atoms with Gasteiger partial charge in [0.25, 0.3) is 0 Å². The summed E-state index contributed by atoms with van der Waals surface area (Å²) in [4.78, 5) is 0. The first-order valence-corrected chi connectivity index (χ1v) is 6.09. The van der Waals surface area contributed by atoms with Crippen molar-refractivity contribution < 1.29 is 0 Å². The molecule has 2 rings (SSSR count). The van der Waals surface area contributed by atoms with Crippen molar-refractivity contribution in [3.05, 3.63) is 30.2 Å². The molecule has 0 fully saturated rings. The molecule has 0 N–H and O–H groups in total.